The van der Waals surface area contributed by atoms with Gasteiger partial charge in [0.25, 0.3) is 5.91 Å². The molecule has 3 aliphatic rings. The fraction of sp³-hybridized carbons (Fsp3) is 0.667. The van der Waals surface area contributed by atoms with E-state index in [0.29, 0.717) is 31.3 Å². The van der Waals surface area contributed by atoms with Crippen LogP contribution in [-0.2, 0) is 9.53 Å². The average Bonchev–Trinajstić information content (AvgIpc) is 3.47. The van der Waals surface area contributed by atoms with Gasteiger partial charge in [-0.1, -0.05) is 0 Å². The predicted molar refractivity (Wildman–Crippen MR) is 101 cm³/mol. The van der Waals surface area contributed by atoms with Crippen molar-refractivity contribution in [3.8, 4) is 0 Å². The molecule has 0 bridgehead atoms. The smallest absolute Gasteiger partial charge is 0.255 e. The summed E-state index contributed by atoms with van der Waals surface area (Å²) < 4.78 is 6.24. The molecule has 0 radical (unpaired) electrons. The van der Waals surface area contributed by atoms with E-state index in [0.717, 1.165) is 44.2 Å². The van der Waals surface area contributed by atoms with Crippen molar-refractivity contribution in [1.29, 1.82) is 0 Å². The van der Waals surface area contributed by atoms with Crippen molar-refractivity contribution in [3.63, 3.8) is 0 Å². The molecular weight excluding hydrogens is 342 g/mol. The number of pyridine rings is 1. The summed E-state index contributed by atoms with van der Waals surface area (Å²) in [5.41, 5.74) is 1.28. The lowest BCUT2D eigenvalue weighted by molar-refractivity contribution is -0.148. The molecule has 146 valence electrons. The quantitative estimate of drug-likeness (QED) is 0.819. The van der Waals surface area contributed by atoms with Crippen molar-refractivity contribution in [2.24, 2.45) is 0 Å². The molecule has 27 heavy (non-hydrogen) atoms. The van der Waals surface area contributed by atoms with Gasteiger partial charge in [0, 0.05) is 50.6 Å². The lowest BCUT2D eigenvalue weighted by atomic mass is 9.81. The maximum Gasteiger partial charge on any atom is 0.255 e. The molecule has 3 heterocycles. The number of nitrogens with zero attached hydrogens (tertiary/aromatic N) is 3. The van der Waals surface area contributed by atoms with Crippen molar-refractivity contribution < 1.29 is 14.3 Å². The first-order valence-corrected chi connectivity index (χ1v) is 10.1. The molecule has 1 saturated carbocycles. The Bertz CT molecular complexity index is 723. The molecule has 1 spiro atoms. The standard InChI is InChI=1S/C21H29N3O3/c1-15-19(4-3-10-22-15)20(26)23-11-8-21(9-12-23)14-18(7-13-27-21)24(16(2)25)17-5-6-17/h3-4,10,17-18H,5-9,11-14H2,1-2H3. The third-order valence-electron chi connectivity index (χ3n) is 6.36. The van der Waals surface area contributed by atoms with Gasteiger partial charge in [-0.05, 0) is 57.6 Å². The molecule has 1 unspecified atom stereocenters. The number of carbonyl (C=O) groups excluding carboxylic acids is 2. The summed E-state index contributed by atoms with van der Waals surface area (Å²) >= 11 is 0. The zero-order valence-corrected chi connectivity index (χ0v) is 16.3. The highest BCUT2D eigenvalue weighted by atomic mass is 16.5. The summed E-state index contributed by atoms with van der Waals surface area (Å²) in [4.78, 5) is 33.3. The maximum atomic E-state index is 12.8. The minimum absolute atomic E-state index is 0.0613. The van der Waals surface area contributed by atoms with Gasteiger partial charge in [-0.15, -0.1) is 0 Å². The zero-order chi connectivity index (χ0) is 19.0. The summed E-state index contributed by atoms with van der Waals surface area (Å²) in [6, 6.07) is 4.39. The predicted octanol–water partition coefficient (Wildman–Crippen LogP) is 2.55. The molecule has 3 fully saturated rings. The Hall–Kier alpha value is -1.95. The van der Waals surface area contributed by atoms with Crippen molar-refractivity contribution in [1.82, 2.24) is 14.8 Å². The zero-order valence-electron chi connectivity index (χ0n) is 16.3. The van der Waals surface area contributed by atoms with Crippen LogP contribution >= 0.6 is 0 Å². The number of carbonyl (C=O) groups is 2. The van der Waals surface area contributed by atoms with Gasteiger partial charge in [-0.3, -0.25) is 14.6 Å². The lowest BCUT2D eigenvalue weighted by Crippen LogP contribution is -2.55. The number of rotatable bonds is 3. The molecule has 1 aromatic rings. The number of hydrogen-bond donors (Lipinski definition) is 0. The average molecular weight is 371 g/mol. The number of aromatic nitrogens is 1. The molecule has 1 atom stereocenters. The van der Waals surface area contributed by atoms with Gasteiger partial charge in [0.05, 0.1) is 11.2 Å². The third-order valence-corrected chi connectivity index (χ3v) is 6.36. The first-order chi connectivity index (χ1) is 13.0. The molecule has 6 nitrogen and oxygen atoms in total. The van der Waals surface area contributed by atoms with Crippen LogP contribution in [0.3, 0.4) is 0 Å². The van der Waals surface area contributed by atoms with Crippen LogP contribution in [0.4, 0.5) is 0 Å². The Balaban J connectivity index is 1.41. The molecule has 6 heteroatoms. The minimum Gasteiger partial charge on any atom is -0.375 e. The molecule has 1 aromatic heterocycles. The second-order valence-electron chi connectivity index (χ2n) is 8.26. The molecule has 2 amide bonds. The molecule has 0 aromatic carbocycles. The van der Waals surface area contributed by atoms with E-state index in [-0.39, 0.29) is 23.5 Å². The molecule has 2 saturated heterocycles. The number of piperidine rings is 1. The van der Waals surface area contributed by atoms with Crippen molar-refractivity contribution >= 4 is 11.8 Å². The number of amides is 2. The van der Waals surface area contributed by atoms with Gasteiger partial charge in [0.15, 0.2) is 0 Å². The van der Waals surface area contributed by atoms with E-state index < -0.39 is 0 Å². The van der Waals surface area contributed by atoms with Crippen LogP contribution < -0.4 is 0 Å². The van der Waals surface area contributed by atoms with E-state index in [1.54, 1.807) is 13.1 Å². The summed E-state index contributed by atoms with van der Waals surface area (Å²) in [6.45, 7) is 5.67. The molecule has 4 rings (SSSR count). The van der Waals surface area contributed by atoms with Crippen LogP contribution in [0.1, 0.15) is 61.5 Å². The van der Waals surface area contributed by atoms with E-state index in [2.05, 4.69) is 9.88 Å². The summed E-state index contributed by atoms with van der Waals surface area (Å²) in [5, 5.41) is 0. The first kappa shape index (κ1) is 18.4. The number of likely N-dealkylation sites (tertiary alicyclic amines) is 1. The Morgan fingerprint density at radius 1 is 1.22 bits per heavy atom. The summed E-state index contributed by atoms with van der Waals surface area (Å²) in [7, 11) is 0. The summed E-state index contributed by atoms with van der Waals surface area (Å²) in [5.74, 6) is 0.255. The highest BCUT2D eigenvalue weighted by molar-refractivity contribution is 5.95. The largest absolute Gasteiger partial charge is 0.375 e. The van der Waals surface area contributed by atoms with Crippen LogP contribution in [0.15, 0.2) is 18.3 Å². The van der Waals surface area contributed by atoms with Crippen molar-refractivity contribution in [3.05, 3.63) is 29.6 Å². The lowest BCUT2D eigenvalue weighted by Gasteiger charge is -2.48. The van der Waals surface area contributed by atoms with Gasteiger partial charge < -0.3 is 14.5 Å². The van der Waals surface area contributed by atoms with Crippen LogP contribution in [0.5, 0.6) is 0 Å². The van der Waals surface area contributed by atoms with Gasteiger partial charge in [0.2, 0.25) is 5.91 Å². The van der Waals surface area contributed by atoms with E-state index in [4.69, 9.17) is 4.74 Å². The Labute approximate surface area is 160 Å². The molecular formula is C21H29N3O3. The van der Waals surface area contributed by atoms with E-state index >= 15 is 0 Å². The van der Waals surface area contributed by atoms with E-state index in [1.807, 2.05) is 24.0 Å². The second-order valence-corrected chi connectivity index (χ2v) is 8.26. The van der Waals surface area contributed by atoms with Crippen LogP contribution in [-0.4, -0.2) is 64.0 Å². The van der Waals surface area contributed by atoms with Gasteiger partial charge in [-0.2, -0.15) is 0 Å². The van der Waals surface area contributed by atoms with Gasteiger partial charge in [0.1, 0.15) is 0 Å². The topological polar surface area (TPSA) is 62.7 Å². The molecule has 0 N–H and O–H groups in total. The fourth-order valence-corrected chi connectivity index (χ4v) is 4.75. The number of aryl methyl sites for hydroxylation is 1. The van der Waals surface area contributed by atoms with Crippen LogP contribution in [0.2, 0.25) is 0 Å². The Morgan fingerprint density at radius 3 is 2.59 bits per heavy atom. The minimum atomic E-state index is -0.188. The molecule has 1 aliphatic carbocycles. The normalized spacial score (nSPS) is 24.7. The maximum absolute atomic E-state index is 12.8. The first-order valence-electron chi connectivity index (χ1n) is 10.1. The SMILES string of the molecule is CC(=O)N(C1CC1)C1CCOC2(CCN(C(=O)c3cccnc3C)CC2)C1. The van der Waals surface area contributed by atoms with E-state index in [1.165, 1.54) is 0 Å². The Morgan fingerprint density at radius 2 is 1.96 bits per heavy atom. The summed E-state index contributed by atoms with van der Waals surface area (Å²) in [6.07, 6.45) is 7.49. The van der Waals surface area contributed by atoms with Crippen molar-refractivity contribution in [2.45, 2.75) is 70.1 Å². The third kappa shape index (κ3) is 3.72. The molecule has 2 aliphatic heterocycles. The van der Waals surface area contributed by atoms with Gasteiger partial charge in [-0.25, -0.2) is 0 Å². The Kier molecular flexibility index (Phi) is 4.93. The van der Waals surface area contributed by atoms with Crippen LogP contribution in [0.25, 0.3) is 0 Å². The van der Waals surface area contributed by atoms with Gasteiger partial charge >= 0.3 is 0 Å². The number of ether oxygens (including phenoxy) is 1. The fourth-order valence-electron chi connectivity index (χ4n) is 4.75. The number of hydrogen-bond acceptors (Lipinski definition) is 4. The van der Waals surface area contributed by atoms with Crippen LogP contribution in [0, 0.1) is 6.92 Å². The second kappa shape index (κ2) is 7.23. The highest BCUT2D eigenvalue weighted by Crippen LogP contribution is 2.40. The van der Waals surface area contributed by atoms with Crippen molar-refractivity contribution in [2.75, 3.05) is 19.7 Å². The highest BCUT2D eigenvalue weighted by Gasteiger charge is 2.45. The monoisotopic (exact) mass is 371 g/mol. The van der Waals surface area contributed by atoms with E-state index in [9.17, 15) is 9.59 Å².